The first-order chi connectivity index (χ1) is 13.7. The molecule has 29 heavy (non-hydrogen) atoms. The van der Waals surface area contributed by atoms with E-state index in [4.69, 9.17) is 9.31 Å². The molecule has 3 aliphatic rings. The molecule has 1 aromatic heterocycles. The van der Waals surface area contributed by atoms with Crippen LogP contribution in [0.2, 0.25) is 0 Å². The first-order valence-electron chi connectivity index (χ1n) is 10.5. The van der Waals surface area contributed by atoms with Crippen molar-refractivity contribution >= 4 is 24.5 Å². The van der Waals surface area contributed by atoms with Gasteiger partial charge >= 0.3 is 7.12 Å². The van der Waals surface area contributed by atoms with Crippen LogP contribution in [-0.2, 0) is 14.1 Å². The van der Waals surface area contributed by atoms with Gasteiger partial charge in [-0.15, -0.1) is 0 Å². The zero-order valence-electron chi connectivity index (χ0n) is 17.8. The fraction of sp³-hybridized carbons (Fsp3) is 0.545. The van der Waals surface area contributed by atoms with Crippen LogP contribution in [0.1, 0.15) is 53.4 Å². The minimum Gasteiger partial charge on any atom is -0.400 e. The molecule has 7 heteroatoms. The van der Waals surface area contributed by atoms with Gasteiger partial charge in [-0.05, 0) is 64.9 Å². The Kier molecular flexibility index (Phi) is 5.30. The second kappa shape index (κ2) is 7.61. The summed E-state index contributed by atoms with van der Waals surface area (Å²) in [7, 11) is -0.348. The van der Waals surface area contributed by atoms with E-state index in [2.05, 4.69) is 15.2 Å². The molecule has 2 aliphatic heterocycles. The van der Waals surface area contributed by atoms with Crippen molar-refractivity contribution in [3.05, 3.63) is 41.5 Å². The molecule has 1 amide bonds. The lowest BCUT2D eigenvalue weighted by Crippen LogP contribution is -2.41. The Balaban J connectivity index is 1.41. The Morgan fingerprint density at radius 1 is 1.10 bits per heavy atom. The second-order valence-electron chi connectivity index (χ2n) is 9.07. The van der Waals surface area contributed by atoms with Crippen LogP contribution in [0.25, 0.3) is 0 Å². The van der Waals surface area contributed by atoms with E-state index in [0.29, 0.717) is 12.2 Å². The third-order valence-corrected chi connectivity index (χ3v) is 6.49. The van der Waals surface area contributed by atoms with Gasteiger partial charge in [0.15, 0.2) is 0 Å². The third kappa shape index (κ3) is 4.12. The van der Waals surface area contributed by atoms with E-state index in [-0.39, 0.29) is 24.2 Å². The van der Waals surface area contributed by atoms with Crippen LogP contribution >= 0.6 is 0 Å². The Morgan fingerprint density at radius 3 is 2.41 bits per heavy atom. The van der Waals surface area contributed by atoms with Crippen molar-refractivity contribution in [1.29, 1.82) is 0 Å². The monoisotopic (exact) mass is 395 g/mol. The molecule has 0 spiro atoms. The zero-order chi connectivity index (χ0) is 20.6. The Bertz CT molecular complexity index is 841. The molecule has 154 valence electrons. The fourth-order valence-corrected chi connectivity index (χ4v) is 3.89. The van der Waals surface area contributed by atoms with Crippen molar-refractivity contribution in [2.24, 2.45) is 0 Å². The van der Waals surface area contributed by atoms with Crippen LogP contribution in [0.3, 0.4) is 0 Å². The van der Waals surface area contributed by atoms with Crippen LogP contribution < -0.4 is 10.2 Å². The summed E-state index contributed by atoms with van der Waals surface area (Å²) in [5.41, 5.74) is 2.24. The Labute approximate surface area is 173 Å². The first kappa shape index (κ1) is 20.2. The molecule has 0 aromatic carbocycles. The summed E-state index contributed by atoms with van der Waals surface area (Å²) in [6.07, 6.45) is 9.45. The van der Waals surface area contributed by atoms with Crippen molar-refractivity contribution < 1.29 is 14.1 Å². The summed E-state index contributed by atoms with van der Waals surface area (Å²) in [5.74, 6) is 0.501. The average molecular weight is 395 g/mol. The summed E-state index contributed by atoms with van der Waals surface area (Å²) in [6, 6.07) is 3.96. The fourth-order valence-electron chi connectivity index (χ4n) is 3.89. The van der Waals surface area contributed by atoms with Crippen LogP contribution in [0.5, 0.6) is 0 Å². The number of amides is 1. The smallest absolute Gasteiger partial charge is 0.400 e. The number of anilines is 2. The summed E-state index contributed by atoms with van der Waals surface area (Å²) in [5, 5.41) is 2.95. The Hall–Kier alpha value is -2.12. The molecule has 0 bridgehead atoms. The molecule has 4 rings (SSSR count). The molecule has 2 fully saturated rings. The van der Waals surface area contributed by atoms with Crippen LogP contribution in [0.4, 0.5) is 11.5 Å². The van der Waals surface area contributed by atoms with Crippen LogP contribution in [0.15, 0.2) is 41.5 Å². The van der Waals surface area contributed by atoms with Gasteiger partial charge in [0.1, 0.15) is 5.82 Å². The molecule has 0 radical (unpaired) electrons. The van der Waals surface area contributed by atoms with E-state index in [1.54, 1.807) is 6.20 Å². The van der Waals surface area contributed by atoms with Gasteiger partial charge < -0.3 is 19.5 Å². The van der Waals surface area contributed by atoms with Gasteiger partial charge in [-0.2, -0.15) is 0 Å². The quantitative estimate of drug-likeness (QED) is 0.784. The largest absolute Gasteiger partial charge is 0.490 e. The normalized spacial score (nSPS) is 23.0. The summed E-state index contributed by atoms with van der Waals surface area (Å²) >= 11 is 0. The summed E-state index contributed by atoms with van der Waals surface area (Å²) in [4.78, 5) is 19.4. The van der Waals surface area contributed by atoms with Gasteiger partial charge in [-0.25, -0.2) is 4.98 Å². The number of allylic oxidation sites excluding steroid dienone is 3. The van der Waals surface area contributed by atoms with Crippen LogP contribution in [-0.4, -0.2) is 42.3 Å². The first-order valence-corrected chi connectivity index (χ1v) is 10.5. The highest BCUT2D eigenvalue weighted by atomic mass is 16.7. The second-order valence-corrected chi connectivity index (χ2v) is 9.07. The van der Waals surface area contributed by atoms with E-state index >= 15 is 0 Å². The number of carbonyl (C=O) groups excluding carboxylic acids is 1. The summed E-state index contributed by atoms with van der Waals surface area (Å²) < 4.78 is 12.2. The van der Waals surface area contributed by atoms with Crippen molar-refractivity contribution in [3.63, 3.8) is 0 Å². The zero-order valence-corrected chi connectivity index (χ0v) is 17.8. The number of nitrogens with zero attached hydrogens (tertiary/aromatic N) is 2. The highest BCUT2D eigenvalue weighted by molar-refractivity contribution is 6.54. The van der Waals surface area contributed by atoms with E-state index in [0.717, 1.165) is 36.2 Å². The lowest BCUT2D eigenvalue weighted by Gasteiger charge is -2.32. The molecule has 2 saturated heterocycles. The molecule has 1 N–H and O–H groups in total. The maximum Gasteiger partial charge on any atom is 0.490 e. The van der Waals surface area contributed by atoms with Crippen molar-refractivity contribution in [2.75, 3.05) is 23.3 Å². The predicted octanol–water partition coefficient (Wildman–Crippen LogP) is 3.90. The number of aromatic nitrogens is 1. The summed E-state index contributed by atoms with van der Waals surface area (Å²) in [6.45, 7) is 10.3. The molecule has 0 saturated carbocycles. The number of carbonyl (C=O) groups is 1. The SMILES string of the molecule is CC1(C)OB(C2=CC=C(C(=O)Nc3cc(N4CCCC4)ccn3)CC2)OC1(C)C. The minimum atomic E-state index is -0.355. The van der Waals surface area contributed by atoms with Gasteiger partial charge in [0.05, 0.1) is 11.2 Å². The average Bonchev–Trinajstić information content (AvgIpc) is 3.29. The standard InChI is InChI=1S/C22H30BN3O3/c1-21(2)22(3,4)29-23(28-21)17-9-7-16(8-10-17)20(27)25-19-15-18(11-12-24-19)26-13-5-6-14-26/h7,9,11-12,15H,5-6,8,10,13-14H2,1-4H3,(H,24,25,27). The lowest BCUT2D eigenvalue weighted by atomic mass is 9.73. The highest BCUT2D eigenvalue weighted by Crippen LogP contribution is 2.40. The molecule has 1 aliphatic carbocycles. The van der Waals surface area contributed by atoms with E-state index in [1.165, 1.54) is 12.8 Å². The maximum absolute atomic E-state index is 12.7. The highest BCUT2D eigenvalue weighted by Gasteiger charge is 2.52. The molecule has 3 heterocycles. The third-order valence-electron chi connectivity index (χ3n) is 6.49. The van der Waals surface area contributed by atoms with Gasteiger partial charge in [0.2, 0.25) is 0 Å². The molecule has 0 atom stereocenters. The van der Waals surface area contributed by atoms with Gasteiger partial charge in [0.25, 0.3) is 5.91 Å². The topological polar surface area (TPSA) is 63.7 Å². The number of hydrogen-bond donors (Lipinski definition) is 1. The van der Waals surface area contributed by atoms with Gasteiger partial charge in [0, 0.05) is 36.6 Å². The number of hydrogen-bond acceptors (Lipinski definition) is 5. The maximum atomic E-state index is 12.7. The number of nitrogens with one attached hydrogen (secondary N) is 1. The van der Waals surface area contributed by atoms with E-state index < -0.39 is 0 Å². The minimum absolute atomic E-state index is 0.0970. The van der Waals surface area contributed by atoms with Crippen molar-refractivity contribution in [3.8, 4) is 0 Å². The lowest BCUT2D eigenvalue weighted by molar-refractivity contribution is -0.113. The number of rotatable bonds is 4. The van der Waals surface area contributed by atoms with E-state index in [1.807, 2.05) is 52.0 Å². The van der Waals surface area contributed by atoms with Crippen molar-refractivity contribution in [1.82, 2.24) is 4.98 Å². The Morgan fingerprint density at radius 2 is 1.79 bits per heavy atom. The van der Waals surface area contributed by atoms with Gasteiger partial charge in [-0.1, -0.05) is 12.2 Å². The van der Waals surface area contributed by atoms with Crippen molar-refractivity contribution in [2.45, 2.75) is 64.6 Å². The molecule has 6 nitrogen and oxygen atoms in total. The van der Waals surface area contributed by atoms with Gasteiger partial charge in [-0.3, -0.25) is 4.79 Å². The molecular weight excluding hydrogens is 365 g/mol. The van der Waals surface area contributed by atoms with E-state index in [9.17, 15) is 4.79 Å². The molecule has 1 aromatic rings. The molecular formula is C22H30BN3O3. The molecule has 0 unspecified atom stereocenters. The number of pyridine rings is 1. The van der Waals surface area contributed by atoms with Crippen LogP contribution in [0, 0.1) is 0 Å². The predicted molar refractivity (Wildman–Crippen MR) is 116 cm³/mol.